The maximum atomic E-state index is 13.7. The highest BCUT2D eigenvalue weighted by molar-refractivity contribution is 9.10. The molecule has 2 aromatic carbocycles. The van der Waals surface area contributed by atoms with Crippen LogP contribution in [0.15, 0.2) is 34.8 Å². The van der Waals surface area contributed by atoms with Gasteiger partial charge < -0.3 is 5.73 Å². The third-order valence-electron chi connectivity index (χ3n) is 2.69. The lowest BCUT2D eigenvalue weighted by atomic mass is 9.99. The first kappa shape index (κ1) is 13.7. The Morgan fingerprint density at radius 3 is 2.26 bits per heavy atom. The lowest BCUT2D eigenvalue weighted by Gasteiger charge is -2.08. The quantitative estimate of drug-likeness (QED) is 0.673. The molecule has 0 saturated heterocycles. The molecule has 0 aliphatic rings. The summed E-state index contributed by atoms with van der Waals surface area (Å²) >= 11 is 2.96. The highest BCUT2D eigenvalue weighted by Crippen LogP contribution is 2.24. The fraction of sp³-hybridized carbons (Fsp3) is 0.0714. The SMILES string of the molecule is Cc1ccc(C(=O)c2c(F)cc(Br)cc2F)c(N)c1. The number of hydrogen-bond donors (Lipinski definition) is 1. The Balaban J connectivity index is 2.56. The molecule has 0 atom stereocenters. The summed E-state index contributed by atoms with van der Waals surface area (Å²) in [6, 6.07) is 6.80. The van der Waals surface area contributed by atoms with Crippen molar-refractivity contribution in [2.45, 2.75) is 6.92 Å². The van der Waals surface area contributed by atoms with Crippen LogP contribution in [0.4, 0.5) is 14.5 Å². The van der Waals surface area contributed by atoms with Crippen molar-refractivity contribution in [2.75, 3.05) is 5.73 Å². The average molecular weight is 326 g/mol. The molecule has 2 rings (SSSR count). The fourth-order valence-corrected chi connectivity index (χ4v) is 2.18. The number of nitrogens with two attached hydrogens (primary N) is 1. The van der Waals surface area contributed by atoms with Gasteiger partial charge >= 0.3 is 0 Å². The molecule has 0 amide bonds. The maximum absolute atomic E-state index is 13.7. The van der Waals surface area contributed by atoms with Gasteiger partial charge in [0, 0.05) is 15.7 Å². The number of benzene rings is 2. The van der Waals surface area contributed by atoms with Crippen molar-refractivity contribution in [1.29, 1.82) is 0 Å². The van der Waals surface area contributed by atoms with E-state index in [1.165, 1.54) is 6.07 Å². The summed E-state index contributed by atoms with van der Waals surface area (Å²) in [5.41, 5.74) is 6.27. The fourth-order valence-electron chi connectivity index (χ4n) is 1.78. The molecule has 0 spiro atoms. The summed E-state index contributed by atoms with van der Waals surface area (Å²) in [7, 11) is 0. The number of rotatable bonds is 2. The van der Waals surface area contributed by atoms with E-state index >= 15 is 0 Å². The van der Waals surface area contributed by atoms with E-state index in [0.29, 0.717) is 0 Å². The number of hydrogen-bond acceptors (Lipinski definition) is 2. The minimum Gasteiger partial charge on any atom is -0.398 e. The summed E-state index contributed by atoms with van der Waals surface area (Å²) in [4.78, 5) is 12.2. The molecule has 2 nitrogen and oxygen atoms in total. The van der Waals surface area contributed by atoms with Gasteiger partial charge in [-0.15, -0.1) is 0 Å². The zero-order valence-electron chi connectivity index (χ0n) is 10.0. The molecule has 0 heterocycles. The molecular formula is C14H10BrF2NO. The van der Waals surface area contributed by atoms with Crippen LogP contribution in [0, 0.1) is 18.6 Å². The van der Waals surface area contributed by atoms with Gasteiger partial charge in [-0.1, -0.05) is 22.0 Å². The van der Waals surface area contributed by atoms with Crippen molar-refractivity contribution in [2.24, 2.45) is 0 Å². The Labute approximate surface area is 117 Å². The van der Waals surface area contributed by atoms with Gasteiger partial charge in [-0.2, -0.15) is 0 Å². The molecule has 0 fully saturated rings. The number of anilines is 1. The lowest BCUT2D eigenvalue weighted by molar-refractivity contribution is 0.103. The van der Waals surface area contributed by atoms with Gasteiger partial charge in [0.2, 0.25) is 5.78 Å². The van der Waals surface area contributed by atoms with Crippen molar-refractivity contribution in [3.8, 4) is 0 Å². The predicted molar refractivity (Wildman–Crippen MR) is 73.1 cm³/mol. The van der Waals surface area contributed by atoms with Gasteiger partial charge in [0.05, 0.1) is 5.56 Å². The highest BCUT2D eigenvalue weighted by atomic mass is 79.9. The Bertz CT molecular complexity index is 647. The molecule has 2 aromatic rings. The van der Waals surface area contributed by atoms with E-state index in [1.54, 1.807) is 12.1 Å². The van der Waals surface area contributed by atoms with Crippen LogP contribution in [-0.2, 0) is 0 Å². The first-order chi connectivity index (χ1) is 8.90. The second-order valence-corrected chi connectivity index (χ2v) is 5.08. The number of carbonyl (C=O) groups excluding carboxylic acids is 1. The molecule has 2 N–H and O–H groups in total. The molecule has 98 valence electrons. The summed E-state index contributed by atoms with van der Waals surface area (Å²) in [6.07, 6.45) is 0. The van der Waals surface area contributed by atoms with E-state index in [2.05, 4.69) is 15.9 Å². The minimum atomic E-state index is -0.920. The zero-order chi connectivity index (χ0) is 14.2. The van der Waals surface area contributed by atoms with Crippen molar-refractivity contribution in [3.63, 3.8) is 0 Å². The molecule has 0 radical (unpaired) electrons. The molecule has 0 aliphatic carbocycles. The third kappa shape index (κ3) is 2.66. The van der Waals surface area contributed by atoms with Crippen LogP contribution in [0.2, 0.25) is 0 Å². The molecule has 19 heavy (non-hydrogen) atoms. The van der Waals surface area contributed by atoms with Gasteiger partial charge in [-0.25, -0.2) is 8.78 Å². The molecular weight excluding hydrogens is 316 g/mol. The van der Waals surface area contributed by atoms with Crippen molar-refractivity contribution >= 4 is 27.4 Å². The van der Waals surface area contributed by atoms with Crippen LogP contribution < -0.4 is 5.73 Å². The van der Waals surface area contributed by atoms with Gasteiger partial charge in [0.25, 0.3) is 0 Å². The van der Waals surface area contributed by atoms with E-state index in [0.717, 1.165) is 17.7 Å². The van der Waals surface area contributed by atoms with Crippen LogP contribution in [0.3, 0.4) is 0 Å². The molecule has 0 saturated carbocycles. The smallest absolute Gasteiger partial charge is 0.201 e. The van der Waals surface area contributed by atoms with E-state index < -0.39 is 23.0 Å². The Kier molecular flexibility index (Phi) is 3.66. The van der Waals surface area contributed by atoms with Crippen LogP contribution in [0.25, 0.3) is 0 Å². The predicted octanol–water partition coefficient (Wildman–Crippen LogP) is 3.85. The number of aryl methyl sites for hydroxylation is 1. The zero-order valence-corrected chi connectivity index (χ0v) is 11.6. The summed E-state index contributed by atoms with van der Waals surface area (Å²) < 4.78 is 27.7. The second kappa shape index (κ2) is 5.09. The summed E-state index contributed by atoms with van der Waals surface area (Å²) in [5.74, 6) is -2.60. The molecule has 5 heteroatoms. The highest BCUT2D eigenvalue weighted by Gasteiger charge is 2.21. The number of nitrogen functional groups attached to an aromatic ring is 1. The topological polar surface area (TPSA) is 43.1 Å². The normalized spacial score (nSPS) is 10.5. The van der Waals surface area contributed by atoms with Crippen LogP contribution in [0.5, 0.6) is 0 Å². The van der Waals surface area contributed by atoms with E-state index in [-0.39, 0.29) is 15.7 Å². The number of ketones is 1. The number of halogens is 3. The van der Waals surface area contributed by atoms with Crippen molar-refractivity contribution in [3.05, 3.63) is 63.1 Å². The van der Waals surface area contributed by atoms with E-state index in [4.69, 9.17) is 5.73 Å². The second-order valence-electron chi connectivity index (χ2n) is 4.16. The Hall–Kier alpha value is -1.75. The molecule has 0 aliphatic heterocycles. The van der Waals surface area contributed by atoms with Gasteiger partial charge in [0.15, 0.2) is 0 Å². The van der Waals surface area contributed by atoms with Crippen LogP contribution in [-0.4, -0.2) is 5.78 Å². The molecule has 0 unspecified atom stereocenters. The average Bonchev–Trinajstić information content (AvgIpc) is 2.26. The standard InChI is InChI=1S/C14H10BrF2NO/c1-7-2-3-9(12(18)4-7)14(19)13-10(16)5-8(15)6-11(13)17/h2-6H,18H2,1H3. The maximum Gasteiger partial charge on any atom is 0.201 e. The van der Waals surface area contributed by atoms with Gasteiger partial charge in [0.1, 0.15) is 11.6 Å². The van der Waals surface area contributed by atoms with Crippen LogP contribution in [0.1, 0.15) is 21.5 Å². The molecule has 0 aromatic heterocycles. The lowest BCUT2D eigenvalue weighted by Crippen LogP contribution is -2.10. The largest absolute Gasteiger partial charge is 0.398 e. The molecule has 0 bridgehead atoms. The van der Waals surface area contributed by atoms with Crippen molar-refractivity contribution in [1.82, 2.24) is 0 Å². The van der Waals surface area contributed by atoms with E-state index in [9.17, 15) is 13.6 Å². The Morgan fingerprint density at radius 1 is 1.16 bits per heavy atom. The van der Waals surface area contributed by atoms with Gasteiger partial charge in [-0.05, 0) is 36.8 Å². The first-order valence-electron chi connectivity index (χ1n) is 5.45. The number of carbonyl (C=O) groups is 1. The monoisotopic (exact) mass is 325 g/mol. The summed E-state index contributed by atoms with van der Waals surface area (Å²) in [5, 5.41) is 0. The minimum absolute atomic E-state index is 0.0886. The van der Waals surface area contributed by atoms with Crippen LogP contribution >= 0.6 is 15.9 Å². The van der Waals surface area contributed by atoms with E-state index in [1.807, 2.05) is 6.92 Å². The third-order valence-corrected chi connectivity index (χ3v) is 3.14. The first-order valence-corrected chi connectivity index (χ1v) is 6.25. The summed E-state index contributed by atoms with van der Waals surface area (Å²) in [6.45, 7) is 1.81. The van der Waals surface area contributed by atoms with Crippen molar-refractivity contribution < 1.29 is 13.6 Å². The Morgan fingerprint density at radius 2 is 1.74 bits per heavy atom. The van der Waals surface area contributed by atoms with Gasteiger partial charge in [-0.3, -0.25) is 4.79 Å².